The van der Waals surface area contributed by atoms with E-state index in [1.54, 1.807) is 0 Å². The lowest BCUT2D eigenvalue weighted by Gasteiger charge is -2.08. The molecule has 3 rings (SSSR count). The van der Waals surface area contributed by atoms with E-state index in [0.717, 1.165) is 23.4 Å². The van der Waals surface area contributed by atoms with Crippen molar-refractivity contribution in [2.24, 2.45) is 0 Å². The topological polar surface area (TPSA) is 59.3 Å². The maximum atomic E-state index is 12.3. The van der Waals surface area contributed by atoms with Crippen LogP contribution in [0.3, 0.4) is 0 Å². The van der Waals surface area contributed by atoms with Gasteiger partial charge in [0.15, 0.2) is 5.65 Å². The third-order valence-corrected chi connectivity index (χ3v) is 3.71. The summed E-state index contributed by atoms with van der Waals surface area (Å²) in [5.41, 5.74) is 3.51. The first-order chi connectivity index (χ1) is 10.7. The molecule has 0 bridgehead atoms. The molecule has 5 heteroatoms. The summed E-state index contributed by atoms with van der Waals surface area (Å²) in [5, 5.41) is 11.2. The van der Waals surface area contributed by atoms with Crippen LogP contribution in [0.25, 0.3) is 5.65 Å². The Hall–Kier alpha value is -2.69. The van der Waals surface area contributed by atoms with E-state index in [-0.39, 0.29) is 5.91 Å². The number of fused-ring (bicyclic) bond motifs is 1. The van der Waals surface area contributed by atoms with Crippen LogP contribution in [0.15, 0.2) is 42.6 Å². The first kappa shape index (κ1) is 14.3. The molecule has 0 atom stereocenters. The Morgan fingerprint density at radius 3 is 2.77 bits per heavy atom. The van der Waals surface area contributed by atoms with Crippen molar-refractivity contribution in [1.82, 2.24) is 14.6 Å². The number of hydrogen-bond donors (Lipinski definition) is 1. The van der Waals surface area contributed by atoms with E-state index in [2.05, 4.69) is 15.5 Å². The predicted octanol–water partition coefficient (Wildman–Crippen LogP) is 2.78. The average Bonchev–Trinajstić information content (AvgIpc) is 2.94. The Morgan fingerprint density at radius 2 is 2.00 bits per heavy atom. The lowest BCUT2D eigenvalue weighted by molar-refractivity contribution is -0.115. The predicted molar refractivity (Wildman–Crippen MR) is 85.9 cm³/mol. The van der Waals surface area contributed by atoms with Crippen molar-refractivity contribution in [3.8, 4) is 0 Å². The number of carbonyl (C=O) groups excluding carboxylic acids is 1. The molecular formula is C17H18N4O. The lowest BCUT2D eigenvalue weighted by atomic mass is 10.1. The molecule has 0 aliphatic carbocycles. The van der Waals surface area contributed by atoms with Gasteiger partial charge in [0.25, 0.3) is 0 Å². The third kappa shape index (κ3) is 2.70. The van der Waals surface area contributed by atoms with Crippen LogP contribution in [0, 0.1) is 6.92 Å². The fraction of sp³-hybridized carbons (Fsp3) is 0.235. The van der Waals surface area contributed by atoms with E-state index >= 15 is 0 Å². The molecule has 0 radical (unpaired) electrons. The van der Waals surface area contributed by atoms with E-state index in [9.17, 15) is 4.79 Å². The summed E-state index contributed by atoms with van der Waals surface area (Å²) in [7, 11) is 0. The molecule has 0 aliphatic heterocycles. The Labute approximate surface area is 129 Å². The smallest absolute Gasteiger partial charge is 0.228 e. The molecule has 1 N–H and O–H groups in total. The number of aromatic nitrogens is 3. The molecule has 0 aliphatic rings. The number of benzene rings is 1. The van der Waals surface area contributed by atoms with Gasteiger partial charge in [-0.1, -0.05) is 31.2 Å². The van der Waals surface area contributed by atoms with Gasteiger partial charge in [0, 0.05) is 12.6 Å². The number of carbonyl (C=O) groups is 1. The summed E-state index contributed by atoms with van der Waals surface area (Å²) in [6.07, 6.45) is 3.05. The van der Waals surface area contributed by atoms with Gasteiger partial charge in [-0.25, -0.2) is 0 Å². The van der Waals surface area contributed by atoms with Crippen molar-refractivity contribution in [2.45, 2.75) is 26.7 Å². The summed E-state index contributed by atoms with van der Waals surface area (Å²) in [6, 6.07) is 11.6. The van der Waals surface area contributed by atoms with Crippen LogP contribution < -0.4 is 5.32 Å². The second-order valence-corrected chi connectivity index (χ2v) is 5.24. The van der Waals surface area contributed by atoms with Crippen LogP contribution >= 0.6 is 0 Å². The van der Waals surface area contributed by atoms with E-state index in [4.69, 9.17) is 0 Å². The molecule has 112 valence electrons. The van der Waals surface area contributed by atoms with E-state index < -0.39 is 0 Å². The van der Waals surface area contributed by atoms with E-state index in [1.807, 2.05) is 60.8 Å². The molecule has 22 heavy (non-hydrogen) atoms. The lowest BCUT2D eigenvalue weighted by Crippen LogP contribution is -2.15. The van der Waals surface area contributed by atoms with Gasteiger partial charge in [-0.2, -0.15) is 0 Å². The quantitative estimate of drug-likeness (QED) is 0.805. The van der Waals surface area contributed by atoms with Crippen LogP contribution in [0.4, 0.5) is 5.69 Å². The molecule has 0 saturated heterocycles. The average molecular weight is 294 g/mol. The van der Waals surface area contributed by atoms with Crippen LogP contribution in [0.2, 0.25) is 0 Å². The van der Waals surface area contributed by atoms with Gasteiger partial charge in [-0.05, 0) is 30.2 Å². The molecular weight excluding hydrogens is 276 g/mol. The molecule has 2 heterocycles. The molecule has 3 aromatic rings. The van der Waals surface area contributed by atoms with E-state index in [1.165, 1.54) is 0 Å². The first-order valence-corrected chi connectivity index (χ1v) is 7.36. The number of pyridine rings is 1. The highest BCUT2D eigenvalue weighted by atomic mass is 16.1. The van der Waals surface area contributed by atoms with Crippen LogP contribution in [0.5, 0.6) is 0 Å². The van der Waals surface area contributed by atoms with Gasteiger partial charge in [0.2, 0.25) is 5.91 Å². The highest BCUT2D eigenvalue weighted by Crippen LogP contribution is 2.17. The zero-order valence-corrected chi connectivity index (χ0v) is 12.7. The number of rotatable bonds is 4. The second kappa shape index (κ2) is 5.97. The van der Waals surface area contributed by atoms with Crippen LogP contribution in [-0.2, 0) is 17.6 Å². The number of hydrogen-bond acceptors (Lipinski definition) is 3. The Morgan fingerprint density at radius 1 is 1.18 bits per heavy atom. The minimum absolute atomic E-state index is 0.0524. The van der Waals surface area contributed by atoms with E-state index in [0.29, 0.717) is 17.8 Å². The summed E-state index contributed by atoms with van der Waals surface area (Å²) in [4.78, 5) is 12.3. The molecule has 2 aromatic heterocycles. The van der Waals surface area contributed by atoms with Gasteiger partial charge in [0.1, 0.15) is 5.82 Å². The monoisotopic (exact) mass is 294 g/mol. The Bertz CT molecular complexity index is 822. The molecule has 0 fully saturated rings. The second-order valence-electron chi connectivity index (χ2n) is 5.24. The molecule has 1 aromatic carbocycles. The number of nitrogens with one attached hydrogen (secondary N) is 1. The SMILES string of the molecule is CCc1nnc2c(NC(=O)Cc3ccccc3C)cccn12. The number of amides is 1. The van der Waals surface area contributed by atoms with Crippen molar-refractivity contribution in [3.63, 3.8) is 0 Å². The zero-order valence-electron chi connectivity index (χ0n) is 12.7. The van der Waals surface area contributed by atoms with Gasteiger partial charge < -0.3 is 5.32 Å². The van der Waals surface area contributed by atoms with Crippen molar-refractivity contribution in [2.75, 3.05) is 5.32 Å². The molecule has 0 unspecified atom stereocenters. The maximum Gasteiger partial charge on any atom is 0.228 e. The largest absolute Gasteiger partial charge is 0.323 e. The van der Waals surface area contributed by atoms with Crippen molar-refractivity contribution in [3.05, 3.63) is 59.5 Å². The molecule has 1 amide bonds. The van der Waals surface area contributed by atoms with Crippen molar-refractivity contribution < 1.29 is 4.79 Å². The van der Waals surface area contributed by atoms with Gasteiger partial charge >= 0.3 is 0 Å². The summed E-state index contributed by atoms with van der Waals surface area (Å²) in [5.74, 6) is 0.827. The standard InChI is InChI=1S/C17H18N4O/c1-3-15-19-20-17-14(9-6-10-21(15)17)18-16(22)11-13-8-5-4-7-12(13)2/h4-10H,3,11H2,1-2H3,(H,18,22). The summed E-state index contributed by atoms with van der Waals surface area (Å²) >= 11 is 0. The van der Waals surface area contributed by atoms with Crippen LogP contribution in [-0.4, -0.2) is 20.5 Å². The highest BCUT2D eigenvalue weighted by Gasteiger charge is 2.11. The maximum absolute atomic E-state index is 12.3. The summed E-state index contributed by atoms with van der Waals surface area (Å²) < 4.78 is 1.91. The fourth-order valence-corrected chi connectivity index (χ4v) is 2.48. The number of anilines is 1. The Kier molecular flexibility index (Phi) is 3.87. The normalized spacial score (nSPS) is 10.8. The van der Waals surface area contributed by atoms with Crippen LogP contribution in [0.1, 0.15) is 23.9 Å². The van der Waals surface area contributed by atoms with Gasteiger partial charge in [-0.3, -0.25) is 9.20 Å². The first-order valence-electron chi connectivity index (χ1n) is 7.36. The fourth-order valence-electron chi connectivity index (χ4n) is 2.48. The third-order valence-electron chi connectivity index (χ3n) is 3.71. The summed E-state index contributed by atoms with van der Waals surface area (Å²) in [6.45, 7) is 4.04. The minimum Gasteiger partial charge on any atom is -0.323 e. The minimum atomic E-state index is -0.0524. The Balaban J connectivity index is 1.83. The zero-order chi connectivity index (χ0) is 15.5. The number of aryl methyl sites for hydroxylation is 2. The molecule has 0 spiro atoms. The van der Waals surface area contributed by atoms with Crippen molar-refractivity contribution >= 4 is 17.2 Å². The highest BCUT2D eigenvalue weighted by molar-refractivity contribution is 5.95. The number of nitrogens with zero attached hydrogens (tertiary/aromatic N) is 3. The van der Waals surface area contributed by atoms with Gasteiger partial charge in [-0.15, -0.1) is 10.2 Å². The van der Waals surface area contributed by atoms with Gasteiger partial charge in [0.05, 0.1) is 12.1 Å². The van der Waals surface area contributed by atoms with Crippen molar-refractivity contribution in [1.29, 1.82) is 0 Å². The molecule has 0 saturated carbocycles. The molecule has 5 nitrogen and oxygen atoms in total.